The maximum atomic E-state index is 12.5. The average molecular weight is 314 g/mol. The van der Waals surface area contributed by atoms with E-state index in [1.54, 1.807) is 6.07 Å². The first kappa shape index (κ1) is 17.8. The van der Waals surface area contributed by atoms with Crippen LogP contribution in [0.25, 0.3) is 0 Å². The Bertz CT molecular complexity index is 544. The number of ether oxygens (including phenoxy) is 1. The summed E-state index contributed by atoms with van der Waals surface area (Å²) in [5, 5.41) is 0. The predicted molar refractivity (Wildman–Crippen MR) is 85.9 cm³/mol. The zero-order valence-corrected chi connectivity index (χ0v) is 13.9. The highest BCUT2D eigenvalue weighted by atomic mass is 32.2. The number of nitrogens with two attached hydrogens (primary N) is 1. The summed E-state index contributed by atoms with van der Waals surface area (Å²) in [6.07, 6.45) is 4.67. The molecule has 0 bridgehead atoms. The maximum absolute atomic E-state index is 12.5. The number of anilines is 1. The third-order valence-electron chi connectivity index (χ3n) is 3.37. The summed E-state index contributed by atoms with van der Waals surface area (Å²) < 4.78 is 32.8. The normalized spacial score (nSPS) is 13.1. The summed E-state index contributed by atoms with van der Waals surface area (Å²) in [4.78, 5) is 0.112. The molecule has 0 aliphatic rings. The minimum absolute atomic E-state index is 0.0403. The molecule has 0 fully saturated rings. The lowest BCUT2D eigenvalue weighted by atomic mass is 10.1. The van der Waals surface area contributed by atoms with Gasteiger partial charge in [0, 0.05) is 12.1 Å². The lowest BCUT2D eigenvalue weighted by molar-refractivity contribution is 0.414. The van der Waals surface area contributed by atoms with Gasteiger partial charge in [-0.25, -0.2) is 13.1 Å². The molecule has 0 aliphatic carbocycles. The molecule has 0 aliphatic heterocycles. The van der Waals surface area contributed by atoms with Gasteiger partial charge in [-0.05, 0) is 25.0 Å². The summed E-state index contributed by atoms with van der Waals surface area (Å²) in [6, 6.07) is 4.57. The van der Waals surface area contributed by atoms with E-state index in [4.69, 9.17) is 10.5 Å². The van der Waals surface area contributed by atoms with Crippen LogP contribution in [0.4, 0.5) is 5.69 Å². The highest BCUT2D eigenvalue weighted by molar-refractivity contribution is 7.89. The lowest BCUT2D eigenvalue weighted by Crippen LogP contribution is -2.35. The van der Waals surface area contributed by atoms with Crippen LogP contribution >= 0.6 is 0 Å². The molecular weight excluding hydrogens is 288 g/mol. The fourth-order valence-electron chi connectivity index (χ4n) is 2.24. The Labute approximate surface area is 127 Å². The Balaban J connectivity index is 2.93. The van der Waals surface area contributed by atoms with Gasteiger partial charge in [-0.15, -0.1) is 0 Å². The van der Waals surface area contributed by atoms with Crippen molar-refractivity contribution in [2.24, 2.45) is 0 Å². The quantitative estimate of drug-likeness (QED) is 0.687. The summed E-state index contributed by atoms with van der Waals surface area (Å²) in [5.74, 6) is 0.544. The molecule has 0 spiro atoms. The Morgan fingerprint density at radius 3 is 2.48 bits per heavy atom. The molecular formula is C15H26N2O3S. The summed E-state index contributed by atoms with van der Waals surface area (Å²) in [5.41, 5.74) is 6.04. The minimum Gasteiger partial charge on any atom is -0.497 e. The van der Waals surface area contributed by atoms with Crippen molar-refractivity contribution in [2.75, 3.05) is 12.8 Å². The highest BCUT2D eigenvalue weighted by Crippen LogP contribution is 2.24. The number of rotatable bonds is 9. The monoisotopic (exact) mass is 314 g/mol. The topological polar surface area (TPSA) is 81.4 Å². The van der Waals surface area contributed by atoms with Crippen LogP contribution in [0.3, 0.4) is 0 Å². The zero-order valence-electron chi connectivity index (χ0n) is 13.1. The van der Waals surface area contributed by atoms with E-state index in [0.717, 1.165) is 32.1 Å². The standard InChI is InChI=1S/C15H26N2O3S/c1-4-6-8-12(7-5-2)17-21(18,19)15-10-9-13(20-3)11-14(15)16/h9-12,17H,4-8,16H2,1-3H3. The molecule has 21 heavy (non-hydrogen) atoms. The van der Waals surface area contributed by atoms with Crippen molar-refractivity contribution in [3.8, 4) is 5.75 Å². The Morgan fingerprint density at radius 2 is 1.95 bits per heavy atom. The van der Waals surface area contributed by atoms with E-state index in [1.807, 2.05) is 0 Å². The van der Waals surface area contributed by atoms with E-state index >= 15 is 0 Å². The molecule has 0 radical (unpaired) electrons. The summed E-state index contributed by atoms with van der Waals surface area (Å²) in [7, 11) is -2.08. The first-order chi connectivity index (χ1) is 9.94. The van der Waals surface area contributed by atoms with Gasteiger partial charge in [-0.1, -0.05) is 33.1 Å². The molecule has 0 heterocycles. The number of benzene rings is 1. The van der Waals surface area contributed by atoms with Crippen molar-refractivity contribution in [1.82, 2.24) is 4.72 Å². The highest BCUT2D eigenvalue weighted by Gasteiger charge is 2.21. The molecule has 3 N–H and O–H groups in total. The first-order valence-electron chi connectivity index (χ1n) is 7.40. The fraction of sp³-hybridized carbons (Fsp3) is 0.600. The van der Waals surface area contributed by atoms with E-state index < -0.39 is 10.0 Å². The van der Waals surface area contributed by atoms with E-state index in [1.165, 1.54) is 19.2 Å². The van der Waals surface area contributed by atoms with Crippen molar-refractivity contribution in [3.63, 3.8) is 0 Å². The van der Waals surface area contributed by atoms with Crippen LogP contribution in [0, 0.1) is 0 Å². The minimum atomic E-state index is -3.60. The van der Waals surface area contributed by atoms with Crippen LogP contribution in [0.2, 0.25) is 0 Å². The Kier molecular flexibility index (Phi) is 6.98. The van der Waals surface area contributed by atoms with Gasteiger partial charge in [-0.3, -0.25) is 0 Å². The molecule has 1 unspecified atom stereocenters. The molecule has 5 nitrogen and oxygen atoms in total. The second-order valence-electron chi connectivity index (χ2n) is 5.15. The number of nitrogens with one attached hydrogen (secondary N) is 1. The Morgan fingerprint density at radius 1 is 1.24 bits per heavy atom. The summed E-state index contributed by atoms with van der Waals surface area (Å²) in [6.45, 7) is 4.15. The number of nitrogen functional groups attached to an aromatic ring is 1. The van der Waals surface area contributed by atoms with Gasteiger partial charge >= 0.3 is 0 Å². The second kappa shape index (κ2) is 8.24. The van der Waals surface area contributed by atoms with Crippen molar-refractivity contribution in [3.05, 3.63) is 18.2 Å². The van der Waals surface area contributed by atoms with Gasteiger partial charge < -0.3 is 10.5 Å². The third kappa shape index (κ3) is 5.21. The molecule has 120 valence electrons. The van der Waals surface area contributed by atoms with Crippen molar-refractivity contribution in [2.45, 2.75) is 56.9 Å². The van der Waals surface area contributed by atoms with Crippen LogP contribution in [0.15, 0.2) is 23.1 Å². The average Bonchev–Trinajstić information content (AvgIpc) is 2.44. The molecule has 1 atom stereocenters. The van der Waals surface area contributed by atoms with Gasteiger partial charge in [0.25, 0.3) is 0 Å². The van der Waals surface area contributed by atoms with E-state index in [9.17, 15) is 8.42 Å². The SMILES string of the molecule is CCCCC(CCC)NS(=O)(=O)c1ccc(OC)cc1N. The molecule has 1 aromatic rings. The van der Waals surface area contributed by atoms with E-state index in [-0.39, 0.29) is 16.6 Å². The number of hydrogen-bond acceptors (Lipinski definition) is 4. The zero-order chi connectivity index (χ0) is 15.9. The van der Waals surface area contributed by atoms with Crippen LogP contribution in [-0.2, 0) is 10.0 Å². The lowest BCUT2D eigenvalue weighted by Gasteiger charge is -2.18. The molecule has 0 saturated carbocycles. The van der Waals surface area contributed by atoms with Crippen LogP contribution in [0.1, 0.15) is 46.0 Å². The first-order valence-corrected chi connectivity index (χ1v) is 8.88. The molecule has 0 amide bonds. The Hall–Kier alpha value is -1.27. The molecule has 1 aromatic carbocycles. The van der Waals surface area contributed by atoms with E-state index in [2.05, 4.69) is 18.6 Å². The van der Waals surface area contributed by atoms with E-state index in [0.29, 0.717) is 5.75 Å². The maximum Gasteiger partial charge on any atom is 0.242 e. The molecule has 1 rings (SSSR count). The molecule has 0 saturated heterocycles. The number of sulfonamides is 1. The van der Waals surface area contributed by atoms with Gasteiger partial charge in [-0.2, -0.15) is 0 Å². The van der Waals surface area contributed by atoms with Gasteiger partial charge in [0.15, 0.2) is 0 Å². The van der Waals surface area contributed by atoms with Crippen LogP contribution < -0.4 is 15.2 Å². The second-order valence-corrected chi connectivity index (χ2v) is 6.84. The molecule has 6 heteroatoms. The van der Waals surface area contributed by atoms with Crippen LogP contribution in [-0.4, -0.2) is 21.6 Å². The number of hydrogen-bond donors (Lipinski definition) is 2. The number of methoxy groups -OCH3 is 1. The van der Waals surface area contributed by atoms with Crippen molar-refractivity contribution in [1.29, 1.82) is 0 Å². The smallest absolute Gasteiger partial charge is 0.242 e. The largest absolute Gasteiger partial charge is 0.497 e. The predicted octanol–water partition coefficient (Wildman–Crippen LogP) is 2.91. The van der Waals surface area contributed by atoms with Gasteiger partial charge in [0.2, 0.25) is 10.0 Å². The van der Waals surface area contributed by atoms with Crippen molar-refractivity contribution >= 4 is 15.7 Å². The summed E-state index contributed by atoms with van der Waals surface area (Å²) >= 11 is 0. The molecule has 0 aromatic heterocycles. The van der Waals surface area contributed by atoms with Crippen LogP contribution in [0.5, 0.6) is 5.75 Å². The van der Waals surface area contributed by atoms with Gasteiger partial charge in [0.05, 0.1) is 12.8 Å². The van der Waals surface area contributed by atoms with Gasteiger partial charge in [0.1, 0.15) is 10.6 Å². The van der Waals surface area contributed by atoms with Crippen molar-refractivity contribution < 1.29 is 13.2 Å². The number of unbranched alkanes of at least 4 members (excludes halogenated alkanes) is 1. The third-order valence-corrected chi connectivity index (χ3v) is 4.97. The fourth-order valence-corrected chi connectivity index (χ4v) is 3.66.